The number of fused-ring (bicyclic) bond motifs is 1. The van der Waals surface area contributed by atoms with Crippen LogP contribution in [-0.4, -0.2) is 61.2 Å². The average Bonchev–Trinajstić information content (AvgIpc) is 3.75. The minimum atomic E-state index is -0.335. The van der Waals surface area contributed by atoms with Gasteiger partial charge in [0.1, 0.15) is 6.04 Å². The quantitative estimate of drug-likeness (QED) is 0.267. The van der Waals surface area contributed by atoms with Crippen molar-refractivity contribution in [3.05, 3.63) is 123 Å². The van der Waals surface area contributed by atoms with E-state index in [1.165, 1.54) is 24.0 Å². The van der Waals surface area contributed by atoms with Crippen LogP contribution >= 0.6 is 0 Å². The predicted molar refractivity (Wildman–Crippen MR) is 169 cm³/mol. The highest BCUT2D eigenvalue weighted by atomic mass is 16.1. The highest BCUT2D eigenvalue weighted by molar-refractivity contribution is 5.85. The summed E-state index contributed by atoms with van der Waals surface area (Å²) in [5.41, 5.74) is 6.35. The molecule has 0 radical (unpaired) electrons. The van der Waals surface area contributed by atoms with Crippen LogP contribution in [-0.2, 0) is 0 Å². The summed E-state index contributed by atoms with van der Waals surface area (Å²) in [6.07, 6.45) is 4.51. The average molecular weight is 574 g/mol. The van der Waals surface area contributed by atoms with Crippen molar-refractivity contribution in [3.63, 3.8) is 0 Å². The molecule has 1 saturated carbocycles. The molecule has 8 nitrogen and oxygen atoms in total. The number of aromatic amines is 1. The topological polar surface area (TPSA) is 82.9 Å². The normalized spacial score (nSPS) is 17.7. The van der Waals surface area contributed by atoms with E-state index in [-0.39, 0.29) is 23.7 Å². The molecule has 1 atom stereocenters. The SMILES string of the molecule is Cc1ccc(C)c2[nH]c(=O)c([C@@H](c3nnnn3C3CCCC3)N3CCN(C(c4ccccc4)c4ccccc4)CC3)cc12. The number of H-pyrrole nitrogens is 1. The molecule has 1 saturated heterocycles. The zero-order valence-corrected chi connectivity index (χ0v) is 25.0. The first-order valence-corrected chi connectivity index (χ1v) is 15.6. The molecular formula is C35H39N7O. The Bertz CT molecular complexity index is 1710. The fraction of sp³-hybridized carbons (Fsp3) is 0.371. The lowest BCUT2D eigenvalue weighted by molar-refractivity contribution is 0.0850. The Morgan fingerprint density at radius 1 is 0.767 bits per heavy atom. The van der Waals surface area contributed by atoms with Crippen LogP contribution in [0.25, 0.3) is 10.9 Å². The summed E-state index contributed by atoms with van der Waals surface area (Å²) < 4.78 is 2.02. The maximum atomic E-state index is 13.9. The summed E-state index contributed by atoms with van der Waals surface area (Å²) in [6, 6.07) is 27.9. The van der Waals surface area contributed by atoms with Gasteiger partial charge in [-0.2, -0.15) is 0 Å². The lowest BCUT2D eigenvalue weighted by atomic mass is 9.95. The molecule has 0 unspecified atom stereocenters. The summed E-state index contributed by atoms with van der Waals surface area (Å²) in [6.45, 7) is 7.46. The van der Waals surface area contributed by atoms with Crippen LogP contribution in [0.5, 0.6) is 0 Å². The van der Waals surface area contributed by atoms with E-state index in [2.05, 4.69) is 116 Å². The van der Waals surface area contributed by atoms with E-state index in [1.54, 1.807) is 0 Å². The standard InChI is InChI=1S/C35H39N7O/c1-24-17-18-25(2)31-29(24)23-30(35(43)36-31)33(34-37-38-39-42(34)28-15-9-10-16-28)41-21-19-40(20-22-41)32(26-11-5-3-6-12-26)27-13-7-4-8-14-27/h3-8,11-14,17-18,23,28,32-33H,9-10,15-16,19-22H2,1-2H3,(H,36,43)/t33-/m0/s1. The fourth-order valence-corrected chi connectivity index (χ4v) is 7.22. The number of aryl methyl sites for hydroxylation is 2. The third-order valence-corrected chi connectivity index (χ3v) is 9.51. The number of pyridine rings is 1. The molecule has 5 aromatic rings. The maximum absolute atomic E-state index is 13.9. The number of hydrogen-bond donors (Lipinski definition) is 1. The second-order valence-corrected chi connectivity index (χ2v) is 12.2. The molecule has 3 aromatic carbocycles. The Morgan fingerprint density at radius 2 is 1.35 bits per heavy atom. The van der Waals surface area contributed by atoms with Gasteiger partial charge >= 0.3 is 0 Å². The molecule has 0 spiro atoms. The van der Waals surface area contributed by atoms with Crippen LogP contribution in [0.3, 0.4) is 0 Å². The molecule has 0 amide bonds. The van der Waals surface area contributed by atoms with Gasteiger partial charge in [0.25, 0.3) is 5.56 Å². The van der Waals surface area contributed by atoms with Crippen LogP contribution in [0.1, 0.15) is 77.5 Å². The van der Waals surface area contributed by atoms with Crippen LogP contribution in [0, 0.1) is 13.8 Å². The fourth-order valence-electron chi connectivity index (χ4n) is 7.22. The molecule has 2 fully saturated rings. The first kappa shape index (κ1) is 27.7. The van der Waals surface area contributed by atoms with E-state index in [0.717, 1.165) is 66.9 Å². The van der Waals surface area contributed by atoms with Gasteiger partial charge in [-0.3, -0.25) is 14.6 Å². The molecule has 0 bridgehead atoms. The Morgan fingerprint density at radius 3 is 1.98 bits per heavy atom. The van der Waals surface area contributed by atoms with Crippen LogP contribution < -0.4 is 5.56 Å². The number of nitrogens with zero attached hydrogens (tertiary/aromatic N) is 6. The van der Waals surface area contributed by atoms with Crippen molar-refractivity contribution in [3.8, 4) is 0 Å². The minimum Gasteiger partial charge on any atom is -0.321 e. The molecule has 1 N–H and O–H groups in total. The van der Waals surface area contributed by atoms with Crippen molar-refractivity contribution >= 4 is 10.9 Å². The Balaban J connectivity index is 1.27. The number of hydrogen-bond acceptors (Lipinski definition) is 6. The highest BCUT2D eigenvalue weighted by Gasteiger charge is 2.36. The Labute approximate surface area is 252 Å². The molecule has 220 valence electrons. The van der Waals surface area contributed by atoms with Gasteiger partial charge in [-0.05, 0) is 65.4 Å². The van der Waals surface area contributed by atoms with Crippen molar-refractivity contribution in [1.82, 2.24) is 35.0 Å². The first-order valence-electron chi connectivity index (χ1n) is 15.6. The summed E-state index contributed by atoms with van der Waals surface area (Å²) >= 11 is 0. The number of piperazine rings is 1. The van der Waals surface area contributed by atoms with Gasteiger partial charge < -0.3 is 4.98 Å². The van der Waals surface area contributed by atoms with E-state index in [0.29, 0.717) is 5.56 Å². The van der Waals surface area contributed by atoms with Crippen LogP contribution in [0.2, 0.25) is 0 Å². The smallest absolute Gasteiger partial charge is 0.253 e. The summed E-state index contributed by atoms with van der Waals surface area (Å²) in [5.74, 6) is 0.776. The summed E-state index contributed by atoms with van der Waals surface area (Å²) in [5, 5.41) is 14.4. The summed E-state index contributed by atoms with van der Waals surface area (Å²) in [7, 11) is 0. The molecule has 43 heavy (non-hydrogen) atoms. The lowest BCUT2D eigenvalue weighted by Gasteiger charge is -2.42. The van der Waals surface area contributed by atoms with Gasteiger partial charge in [-0.1, -0.05) is 85.6 Å². The second kappa shape index (κ2) is 11.9. The highest BCUT2D eigenvalue weighted by Crippen LogP contribution is 2.36. The van der Waals surface area contributed by atoms with Gasteiger partial charge in [-0.25, -0.2) is 4.68 Å². The number of aromatic nitrogens is 5. The van der Waals surface area contributed by atoms with Crippen molar-refractivity contribution in [2.75, 3.05) is 26.2 Å². The number of tetrazole rings is 1. The van der Waals surface area contributed by atoms with Gasteiger partial charge in [0, 0.05) is 37.1 Å². The maximum Gasteiger partial charge on any atom is 0.253 e. The molecular weight excluding hydrogens is 534 g/mol. The second-order valence-electron chi connectivity index (χ2n) is 12.2. The third kappa shape index (κ3) is 5.30. The van der Waals surface area contributed by atoms with Crippen molar-refractivity contribution in [1.29, 1.82) is 0 Å². The van der Waals surface area contributed by atoms with Gasteiger partial charge in [0.15, 0.2) is 5.82 Å². The van der Waals surface area contributed by atoms with E-state index in [4.69, 9.17) is 0 Å². The van der Waals surface area contributed by atoms with E-state index < -0.39 is 0 Å². The van der Waals surface area contributed by atoms with Gasteiger partial charge in [0.05, 0.1) is 17.6 Å². The molecule has 2 aliphatic rings. The van der Waals surface area contributed by atoms with Gasteiger partial charge in [-0.15, -0.1) is 5.10 Å². The van der Waals surface area contributed by atoms with E-state index >= 15 is 0 Å². The molecule has 2 aromatic heterocycles. The van der Waals surface area contributed by atoms with Crippen molar-refractivity contribution in [2.24, 2.45) is 0 Å². The van der Waals surface area contributed by atoms with E-state index in [9.17, 15) is 4.79 Å². The van der Waals surface area contributed by atoms with Crippen LogP contribution in [0.15, 0.2) is 83.7 Å². The molecule has 8 heteroatoms. The predicted octanol–water partition coefficient (Wildman–Crippen LogP) is 5.74. The number of benzene rings is 3. The lowest BCUT2D eigenvalue weighted by Crippen LogP contribution is -2.50. The Kier molecular flexibility index (Phi) is 7.63. The zero-order chi connectivity index (χ0) is 29.3. The first-order chi connectivity index (χ1) is 21.1. The van der Waals surface area contributed by atoms with Crippen LogP contribution in [0.4, 0.5) is 0 Å². The minimum absolute atomic E-state index is 0.0685. The molecule has 7 rings (SSSR count). The largest absolute Gasteiger partial charge is 0.321 e. The van der Waals surface area contributed by atoms with Crippen molar-refractivity contribution < 1.29 is 0 Å². The number of rotatable bonds is 7. The van der Waals surface area contributed by atoms with Crippen molar-refractivity contribution in [2.45, 2.75) is 57.7 Å². The third-order valence-electron chi connectivity index (χ3n) is 9.51. The Hall–Kier alpha value is -4.14. The van der Waals surface area contributed by atoms with E-state index in [1.807, 2.05) is 11.6 Å². The number of nitrogens with one attached hydrogen (secondary N) is 1. The molecule has 1 aliphatic carbocycles. The monoisotopic (exact) mass is 573 g/mol. The molecule has 3 heterocycles. The zero-order valence-electron chi connectivity index (χ0n) is 25.0. The summed E-state index contributed by atoms with van der Waals surface area (Å²) in [4.78, 5) is 22.1. The van der Waals surface area contributed by atoms with Gasteiger partial charge in [0.2, 0.25) is 0 Å². The molecule has 1 aliphatic heterocycles.